The van der Waals surface area contributed by atoms with E-state index in [1.807, 2.05) is 6.07 Å². The summed E-state index contributed by atoms with van der Waals surface area (Å²) in [6, 6.07) is 10.7. The number of alkyl carbamates (subject to hydrolysis) is 2. The first-order valence-corrected chi connectivity index (χ1v) is 10.0. The van der Waals surface area contributed by atoms with Gasteiger partial charge in [0.25, 0.3) is 0 Å². The second-order valence-electron chi connectivity index (χ2n) is 8.85. The Morgan fingerprint density at radius 2 is 1.50 bits per heavy atom. The van der Waals surface area contributed by atoms with E-state index in [9.17, 15) is 9.59 Å². The molecule has 9 nitrogen and oxygen atoms in total. The number of amides is 2. The normalized spacial score (nSPS) is 11.2. The zero-order valence-electron chi connectivity index (χ0n) is 19.5. The molecule has 0 unspecified atom stereocenters. The van der Waals surface area contributed by atoms with Crippen molar-refractivity contribution in [1.29, 1.82) is 0 Å². The van der Waals surface area contributed by atoms with E-state index in [1.165, 1.54) is 0 Å². The Bertz CT molecular complexity index is 958. The second-order valence-corrected chi connectivity index (χ2v) is 8.85. The van der Waals surface area contributed by atoms with Gasteiger partial charge in [0, 0.05) is 17.8 Å². The summed E-state index contributed by atoms with van der Waals surface area (Å²) in [5.74, 6) is 0.534. The first-order chi connectivity index (χ1) is 14.8. The molecule has 0 saturated carbocycles. The second kappa shape index (κ2) is 10.1. The molecule has 2 aromatic rings. The molecule has 2 rings (SSSR count). The highest BCUT2D eigenvalue weighted by Crippen LogP contribution is 2.25. The minimum atomic E-state index is -0.766. The lowest BCUT2D eigenvalue weighted by molar-refractivity contribution is 0.0545. The monoisotopic (exact) mass is 442 g/mol. The fourth-order valence-electron chi connectivity index (χ4n) is 2.45. The molecule has 1 aromatic heterocycles. The topological polar surface area (TPSA) is 111 Å². The van der Waals surface area contributed by atoms with Crippen LogP contribution in [0.4, 0.5) is 15.3 Å². The summed E-state index contributed by atoms with van der Waals surface area (Å²) in [7, 11) is 1.58. The van der Waals surface area contributed by atoms with Crippen LogP contribution in [0.25, 0.3) is 11.3 Å². The third-order valence-electron chi connectivity index (χ3n) is 3.59. The van der Waals surface area contributed by atoms with E-state index in [2.05, 4.69) is 20.6 Å². The number of nitrogens with zero attached hydrogens (tertiary/aromatic N) is 2. The molecule has 9 heteroatoms. The molecular formula is C23H30N4O5. The number of hydrogen-bond donors (Lipinski definition) is 2. The van der Waals surface area contributed by atoms with Gasteiger partial charge >= 0.3 is 12.2 Å². The van der Waals surface area contributed by atoms with E-state index in [0.29, 0.717) is 17.1 Å². The first kappa shape index (κ1) is 24.6. The predicted octanol–water partition coefficient (Wildman–Crippen LogP) is 4.79. The van der Waals surface area contributed by atoms with Crippen LogP contribution in [0.15, 0.2) is 47.6 Å². The Morgan fingerprint density at radius 3 is 2.03 bits per heavy atom. The smallest absolute Gasteiger partial charge is 0.414 e. The number of aromatic nitrogens is 1. The summed E-state index contributed by atoms with van der Waals surface area (Å²) >= 11 is 0. The van der Waals surface area contributed by atoms with Crippen LogP contribution in [-0.2, 0) is 9.47 Å². The van der Waals surface area contributed by atoms with Gasteiger partial charge in [0.05, 0.1) is 18.5 Å². The molecule has 0 aliphatic carbocycles. The van der Waals surface area contributed by atoms with Crippen molar-refractivity contribution in [2.45, 2.75) is 52.7 Å². The van der Waals surface area contributed by atoms with Gasteiger partial charge in [-0.15, -0.1) is 0 Å². The lowest BCUT2D eigenvalue weighted by atomic mass is 10.1. The van der Waals surface area contributed by atoms with Crippen molar-refractivity contribution in [3.63, 3.8) is 0 Å². The van der Waals surface area contributed by atoms with Crippen molar-refractivity contribution in [1.82, 2.24) is 15.6 Å². The predicted molar refractivity (Wildman–Crippen MR) is 122 cm³/mol. The van der Waals surface area contributed by atoms with Gasteiger partial charge in [0.15, 0.2) is 0 Å². The van der Waals surface area contributed by atoms with Gasteiger partial charge in [0.1, 0.15) is 17.0 Å². The van der Waals surface area contributed by atoms with Gasteiger partial charge in [-0.25, -0.2) is 14.6 Å². The van der Waals surface area contributed by atoms with Crippen molar-refractivity contribution in [2.75, 3.05) is 7.11 Å². The molecule has 0 aliphatic rings. The molecule has 0 radical (unpaired) electrons. The van der Waals surface area contributed by atoms with E-state index in [1.54, 1.807) is 85.2 Å². The Balaban J connectivity index is 2.33. The first-order valence-electron chi connectivity index (χ1n) is 10.0. The Kier molecular flexibility index (Phi) is 7.80. The van der Waals surface area contributed by atoms with Crippen LogP contribution in [0, 0.1) is 0 Å². The number of aliphatic imine (C=N–C) groups is 1. The van der Waals surface area contributed by atoms with Gasteiger partial charge in [-0.1, -0.05) is 12.1 Å². The van der Waals surface area contributed by atoms with Crippen LogP contribution >= 0.6 is 0 Å². The molecule has 32 heavy (non-hydrogen) atoms. The van der Waals surface area contributed by atoms with Gasteiger partial charge in [-0.3, -0.25) is 15.6 Å². The molecule has 2 N–H and O–H groups in total. The molecule has 0 saturated heterocycles. The fourth-order valence-corrected chi connectivity index (χ4v) is 2.45. The standard InChI is InChI=1S/C23H30N4O5/c1-22(2,3)31-20(28)26-19(27-21(29)32-23(4,5)6)25-16-10-8-9-15(13-16)18-14-17(30-7)11-12-24-18/h8-14H,1-7H3,(H2,25,26,27,28,29). The van der Waals surface area contributed by atoms with Crippen molar-refractivity contribution < 1.29 is 23.8 Å². The number of ether oxygens (including phenoxy) is 3. The number of carbonyl (C=O) groups excluding carboxylic acids is 2. The van der Waals surface area contributed by atoms with Crippen molar-refractivity contribution >= 4 is 23.8 Å². The summed E-state index contributed by atoms with van der Waals surface area (Å²) < 4.78 is 15.8. The van der Waals surface area contributed by atoms with Crippen LogP contribution < -0.4 is 15.4 Å². The largest absolute Gasteiger partial charge is 0.497 e. The summed E-state index contributed by atoms with van der Waals surface area (Å²) in [5, 5.41) is 4.91. The van der Waals surface area contributed by atoms with Crippen molar-refractivity contribution in [2.24, 2.45) is 4.99 Å². The average molecular weight is 443 g/mol. The highest BCUT2D eigenvalue weighted by Gasteiger charge is 2.21. The number of guanidine groups is 1. The Labute approximate surface area is 188 Å². The number of methoxy groups -OCH3 is 1. The summed E-state index contributed by atoms with van der Waals surface area (Å²) in [6.45, 7) is 10.4. The number of rotatable bonds is 3. The zero-order chi connectivity index (χ0) is 23.9. The number of pyridine rings is 1. The maximum absolute atomic E-state index is 12.3. The van der Waals surface area contributed by atoms with Gasteiger partial charge in [-0.2, -0.15) is 0 Å². The van der Waals surface area contributed by atoms with Gasteiger partial charge in [0.2, 0.25) is 5.96 Å². The van der Waals surface area contributed by atoms with E-state index < -0.39 is 23.4 Å². The van der Waals surface area contributed by atoms with Crippen molar-refractivity contribution in [3.05, 3.63) is 42.6 Å². The van der Waals surface area contributed by atoms with E-state index >= 15 is 0 Å². The van der Waals surface area contributed by atoms with Crippen LogP contribution in [0.5, 0.6) is 5.75 Å². The van der Waals surface area contributed by atoms with Crippen LogP contribution in [-0.4, -0.2) is 41.4 Å². The number of carbonyl (C=O) groups is 2. The minimum Gasteiger partial charge on any atom is -0.497 e. The molecule has 2 amide bonds. The maximum Gasteiger partial charge on any atom is 0.414 e. The van der Waals surface area contributed by atoms with Gasteiger partial charge < -0.3 is 14.2 Å². The molecule has 1 aromatic carbocycles. The molecular weight excluding hydrogens is 412 g/mol. The van der Waals surface area contributed by atoms with E-state index in [-0.39, 0.29) is 5.96 Å². The maximum atomic E-state index is 12.3. The van der Waals surface area contributed by atoms with Crippen LogP contribution in [0.2, 0.25) is 0 Å². The lowest BCUT2D eigenvalue weighted by Gasteiger charge is -2.22. The number of hydrogen-bond acceptors (Lipinski definition) is 7. The molecule has 0 aliphatic heterocycles. The molecule has 0 fully saturated rings. The van der Waals surface area contributed by atoms with Crippen LogP contribution in [0.1, 0.15) is 41.5 Å². The van der Waals surface area contributed by atoms with Crippen LogP contribution in [0.3, 0.4) is 0 Å². The third-order valence-corrected chi connectivity index (χ3v) is 3.59. The molecule has 0 bridgehead atoms. The molecule has 172 valence electrons. The van der Waals surface area contributed by atoms with Crippen molar-refractivity contribution in [3.8, 4) is 17.0 Å². The highest BCUT2D eigenvalue weighted by atomic mass is 16.6. The quantitative estimate of drug-likeness (QED) is 0.522. The summed E-state index contributed by atoms with van der Waals surface area (Å²) in [6.07, 6.45) is 0.111. The SMILES string of the molecule is COc1ccnc(-c2cccc(N=C(NC(=O)OC(C)(C)C)NC(=O)OC(C)(C)C)c2)c1. The minimum absolute atomic E-state index is 0.135. The highest BCUT2D eigenvalue weighted by molar-refractivity contribution is 6.02. The molecule has 1 heterocycles. The average Bonchev–Trinajstić information content (AvgIpc) is 2.65. The summed E-state index contributed by atoms with van der Waals surface area (Å²) in [5.41, 5.74) is 0.481. The number of benzene rings is 1. The zero-order valence-corrected chi connectivity index (χ0v) is 19.5. The fraction of sp³-hybridized carbons (Fsp3) is 0.391. The van der Waals surface area contributed by atoms with E-state index in [0.717, 1.165) is 5.56 Å². The number of nitrogens with one attached hydrogen (secondary N) is 2. The third kappa shape index (κ3) is 8.63. The summed E-state index contributed by atoms with van der Waals surface area (Å²) in [4.78, 5) is 33.2. The molecule has 0 spiro atoms. The Hall–Kier alpha value is -3.62. The Morgan fingerprint density at radius 1 is 0.906 bits per heavy atom. The van der Waals surface area contributed by atoms with E-state index in [4.69, 9.17) is 14.2 Å². The molecule has 0 atom stereocenters. The van der Waals surface area contributed by atoms with Gasteiger partial charge in [-0.05, 0) is 59.7 Å². The lowest BCUT2D eigenvalue weighted by Crippen LogP contribution is -2.47.